The Hall–Kier alpha value is -1.73. The summed E-state index contributed by atoms with van der Waals surface area (Å²) in [5.74, 6) is -0.214. The van der Waals surface area contributed by atoms with Gasteiger partial charge in [0.1, 0.15) is 6.23 Å². The third-order valence-electron chi connectivity index (χ3n) is 3.43. The van der Waals surface area contributed by atoms with Crippen molar-refractivity contribution in [2.45, 2.75) is 32.6 Å². The fourth-order valence-electron chi connectivity index (χ4n) is 2.33. The van der Waals surface area contributed by atoms with Crippen molar-refractivity contribution >= 4 is 5.71 Å². The average Bonchev–Trinajstić information content (AvgIpc) is 2.77. The van der Waals surface area contributed by atoms with E-state index in [4.69, 9.17) is 10.1 Å². The van der Waals surface area contributed by atoms with E-state index in [-0.39, 0.29) is 12.5 Å². The molecule has 7 nitrogen and oxygen atoms in total. The predicted octanol–water partition coefficient (Wildman–Crippen LogP) is -0.219. The van der Waals surface area contributed by atoms with Crippen LogP contribution in [0.5, 0.6) is 0 Å². The van der Waals surface area contributed by atoms with Gasteiger partial charge in [0.05, 0.1) is 12.7 Å². The van der Waals surface area contributed by atoms with Gasteiger partial charge in [-0.2, -0.15) is 0 Å². The number of aliphatic hydroxyl groups is 1. The van der Waals surface area contributed by atoms with Gasteiger partial charge < -0.3 is 15.3 Å². The molecular weight excluding hydrogens is 250 g/mol. The second-order valence-corrected chi connectivity index (χ2v) is 4.82. The summed E-state index contributed by atoms with van der Waals surface area (Å²) in [6, 6.07) is 0. The number of nitrogens with zero attached hydrogens (tertiary/aromatic N) is 1. The number of hydrogen-bond acceptors (Lipinski definition) is 5. The van der Waals surface area contributed by atoms with Crippen LogP contribution in [0.1, 0.15) is 25.1 Å². The molecule has 1 aliphatic heterocycles. The summed E-state index contributed by atoms with van der Waals surface area (Å²) in [4.78, 5) is 25.3. The molecule has 2 heterocycles. The first kappa shape index (κ1) is 13.7. The number of aromatic nitrogens is 2. The number of aromatic amines is 1. The standard InChI is InChI=1S/C12H17N3O4/c1-6-4-15(12(18)14-11(6)17)10-3-8(7(2)13)9(5-16)19-10/h4,8-10,13,16H,3,5H2,1-2H3,(H,14,17,18)/t8-,9+,10+/m0/s1. The van der Waals surface area contributed by atoms with Crippen LogP contribution in [-0.4, -0.2) is 33.1 Å². The summed E-state index contributed by atoms with van der Waals surface area (Å²) >= 11 is 0. The fourth-order valence-corrected chi connectivity index (χ4v) is 2.33. The normalized spacial score (nSPS) is 26.6. The minimum Gasteiger partial charge on any atom is -0.394 e. The van der Waals surface area contributed by atoms with E-state index in [2.05, 4.69) is 4.98 Å². The molecular formula is C12H17N3O4. The van der Waals surface area contributed by atoms with Crippen molar-refractivity contribution < 1.29 is 9.84 Å². The SMILES string of the molecule is CC(=N)[C@@H]1C[C@H](n2cc(C)c(=O)[nH]c2=O)O[C@@H]1CO. The van der Waals surface area contributed by atoms with E-state index in [1.54, 1.807) is 13.8 Å². The van der Waals surface area contributed by atoms with E-state index in [0.29, 0.717) is 17.7 Å². The van der Waals surface area contributed by atoms with Crippen molar-refractivity contribution in [1.29, 1.82) is 5.41 Å². The minimum absolute atomic E-state index is 0.200. The van der Waals surface area contributed by atoms with Gasteiger partial charge in [-0.1, -0.05) is 0 Å². The van der Waals surface area contributed by atoms with Crippen molar-refractivity contribution in [3.05, 3.63) is 32.6 Å². The van der Waals surface area contributed by atoms with Crippen LogP contribution in [0.4, 0.5) is 0 Å². The lowest BCUT2D eigenvalue weighted by molar-refractivity contribution is -0.0284. The molecule has 3 atom stereocenters. The molecule has 1 aromatic rings. The van der Waals surface area contributed by atoms with Crippen molar-refractivity contribution in [2.75, 3.05) is 6.61 Å². The molecule has 104 valence electrons. The molecule has 0 amide bonds. The van der Waals surface area contributed by atoms with Crippen LogP contribution in [0.2, 0.25) is 0 Å². The van der Waals surface area contributed by atoms with Gasteiger partial charge in [0.15, 0.2) is 0 Å². The number of ether oxygens (including phenoxy) is 1. The summed E-state index contributed by atoms with van der Waals surface area (Å²) in [5.41, 5.74) is -0.132. The lowest BCUT2D eigenvalue weighted by Gasteiger charge is -2.15. The monoisotopic (exact) mass is 267 g/mol. The van der Waals surface area contributed by atoms with Crippen molar-refractivity contribution in [2.24, 2.45) is 5.92 Å². The highest BCUT2D eigenvalue weighted by Gasteiger charge is 2.37. The van der Waals surface area contributed by atoms with Crippen LogP contribution in [0.15, 0.2) is 15.8 Å². The first-order valence-corrected chi connectivity index (χ1v) is 6.07. The maximum Gasteiger partial charge on any atom is 0.330 e. The number of hydrogen-bond donors (Lipinski definition) is 3. The molecule has 0 unspecified atom stereocenters. The molecule has 0 bridgehead atoms. The van der Waals surface area contributed by atoms with Crippen LogP contribution in [-0.2, 0) is 4.74 Å². The van der Waals surface area contributed by atoms with Gasteiger partial charge in [-0.25, -0.2) is 4.79 Å². The molecule has 1 saturated heterocycles. The average molecular weight is 267 g/mol. The van der Waals surface area contributed by atoms with E-state index in [0.717, 1.165) is 0 Å². The van der Waals surface area contributed by atoms with Gasteiger partial charge >= 0.3 is 5.69 Å². The van der Waals surface area contributed by atoms with Gasteiger partial charge in [0.25, 0.3) is 5.56 Å². The van der Waals surface area contributed by atoms with Gasteiger partial charge in [-0.05, 0) is 13.8 Å². The van der Waals surface area contributed by atoms with Gasteiger partial charge in [0, 0.05) is 29.8 Å². The summed E-state index contributed by atoms with van der Waals surface area (Å²) in [6.45, 7) is 3.06. The molecule has 0 spiro atoms. The molecule has 1 aliphatic rings. The van der Waals surface area contributed by atoms with Crippen LogP contribution in [0.3, 0.4) is 0 Å². The quantitative estimate of drug-likeness (QED) is 0.658. The molecule has 0 saturated carbocycles. The molecule has 1 fully saturated rings. The Labute approximate surface area is 109 Å². The Bertz CT molecular complexity index is 604. The smallest absolute Gasteiger partial charge is 0.330 e. The fraction of sp³-hybridized carbons (Fsp3) is 0.583. The maximum atomic E-state index is 11.8. The lowest BCUT2D eigenvalue weighted by Crippen LogP contribution is -2.33. The number of aryl methyl sites for hydroxylation is 1. The van der Waals surface area contributed by atoms with Crippen LogP contribution < -0.4 is 11.2 Å². The molecule has 0 aliphatic carbocycles. The number of nitrogens with one attached hydrogen (secondary N) is 2. The Kier molecular flexibility index (Phi) is 3.68. The Morgan fingerprint density at radius 3 is 2.84 bits per heavy atom. The van der Waals surface area contributed by atoms with E-state index < -0.39 is 23.6 Å². The zero-order valence-corrected chi connectivity index (χ0v) is 10.8. The topological polar surface area (TPSA) is 108 Å². The van der Waals surface area contributed by atoms with Crippen LogP contribution in [0.25, 0.3) is 0 Å². The van der Waals surface area contributed by atoms with Crippen LogP contribution >= 0.6 is 0 Å². The Morgan fingerprint density at radius 1 is 1.63 bits per heavy atom. The zero-order chi connectivity index (χ0) is 14.2. The first-order valence-electron chi connectivity index (χ1n) is 6.07. The first-order chi connectivity index (χ1) is 8.93. The highest BCUT2D eigenvalue weighted by Crippen LogP contribution is 2.33. The van der Waals surface area contributed by atoms with E-state index in [9.17, 15) is 14.7 Å². The van der Waals surface area contributed by atoms with Gasteiger partial charge in [0.2, 0.25) is 0 Å². The van der Waals surface area contributed by atoms with Crippen molar-refractivity contribution in [3.8, 4) is 0 Å². The van der Waals surface area contributed by atoms with Crippen LogP contribution in [0, 0.1) is 18.3 Å². The second kappa shape index (κ2) is 5.10. The second-order valence-electron chi connectivity index (χ2n) is 4.82. The molecule has 0 radical (unpaired) electrons. The third kappa shape index (κ3) is 2.52. The summed E-state index contributed by atoms with van der Waals surface area (Å²) in [6.07, 6.45) is 0.834. The summed E-state index contributed by atoms with van der Waals surface area (Å²) < 4.78 is 6.90. The molecule has 19 heavy (non-hydrogen) atoms. The summed E-state index contributed by atoms with van der Waals surface area (Å²) in [7, 11) is 0. The zero-order valence-electron chi connectivity index (χ0n) is 10.8. The number of aliphatic hydroxyl groups excluding tert-OH is 1. The lowest BCUT2D eigenvalue weighted by atomic mass is 9.96. The van der Waals surface area contributed by atoms with Crippen molar-refractivity contribution in [3.63, 3.8) is 0 Å². The Morgan fingerprint density at radius 2 is 2.32 bits per heavy atom. The van der Waals surface area contributed by atoms with E-state index >= 15 is 0 Å². The van der Waals surface area contributed by atoms with Crippen molar-refractivity contribution in [1.82, 2.24) is 9.55 Å². The maximum absolute atomic E-state index is 11.8. The molecule has 7 heteroatoms. The predicted molar refractivity (Wildman–Crippen MR) is 68.6 cm³/mol. The highest BCUT2D eigenvalue weighted by molar-refractivity contribution is 5.82. The van der Waals surface area contributed by atoms with Gasteiger partial charge in [-0.15, -0.1) is 0 Å². The highest BCUT2D eigenvalue weighted by atomic mass is 16.5. The third-order valence-corrected chi connectivity index (χ3v) is 3.43. The Balaban J connectivity index is 2.35. The molecule has 2 rings (SSSR count). The number of rotatable bonds is 3. The van der Waals surface area contributed by atoms with E-state index in [1.165, 1.54) is 10.8 Å². The molecule has 0 aromatic carbocycles. The number of H-pyrrole nitrogens is 1. The largest absolute Gasteiger partial charge is 0.394 e. The van der Waals surface area contributed by atoms with Gasteiger partial charge in [-0.3, -0.25) is 14.3 Å². The summed E-state index contributed by atoms with van der Waals surface area (Å²) in [5, 5.41) is 16.9. The minimum atomic E-state index is -0.564. The van der Waals surface area contributed by atoms with E-state index in [1.807, 2.05) is 0 Å². The molecule has 1 aromatic heterocycles. The molecule has 3 N–H and O–H groups in total.